The van der Waals surface area contributed by atoms with E-state index in [1.165, 1.54) is 6.21 Å². The lowest BCUT2D eigenvalue weighted by atomic mass is 10.2. The largest absolute Gasteiger partial charge is 0.485 e. The Labute approximate surface area is 206 Å². The summed E-state index contributed by atoms with van der Waals surface area (Å²) in [4.78, 5) is 22.7. The molecule has 4 rings (SSSR count). The predicted octanol–water partition coefficient (Wildman–Crippen LogP) is 4.24. The molecule has 0 bridgehead atoms. The van der Waals surface area contributed by atoms with Gasteiger partial charge >= 0.3 is 5.97 Å². The molecule has 1 unspecified atom stereocenters. The fourth-order valence-electron chi connectivity index (χ4n) is 3.20. The lowest BCUT2D eigenvalue weighted by Gasteiger charge is -2.14. The molecule has 3 aromatic carbocycles. The van der Waals surface area contributed by atoms with E-state index < -0.39 is 11.2 Å². The summed E-state index contributed by atoms with van der Waals surface area (Å²) in [5.41, 5.74) is 2.79. The smallest absolute Gasteiger partial charge is 0.305 e. The van der Waals surface area contributed by atoms with Gasteiger partial charge in [-0.15, -0.1) is 5.10 Å². The number of hydrogen-bond acceptors (Lipinski definition) is 7. The number of nitrogens with zero attached hydrogens (tertiary/aromatic N) is 2. The number of hydrogen-bond donors (Lipinski definition) is 2. The van der Waals surface area contributed by atoms with Crippen LogP contribution in [0.5, 0.6) is 11.5 Å². The Morgan fingerprint density at radius 3 is 2.20 bits per heavy atom. The molecule has 0 saturated carbocycles. The van der Waals surface area contributed by atoms with Gasteiger partial charge in [-0.2, -0.15) is 5.10 Å². The van der Waals surface area contributed by atoms with Crippen LogP contribution < -0.4 is 14.8 Å². The minimum atomic E-state index is -1.04. The van der Waals surface area contributed by atoms with Gasteiger partial charge in [-0.1, -0.05) is 72.4 Å². The molecule has 1 aliphatic rings. The van der Waals surface area contributed by atoms with Crippen molar-refractivity contribution >= 4 is 35.0 Å². The van der Waals surface area contributed by atoms with Crippen molar-refractivity contribution < 1.29 is 24.2 Å². The van der Waals surface area contributed by atoms with Crippen LogP contribution in [0.4, 0.5) is 0 Å². The molecule has 1 amide bonds. The molecule has 1 fully saturated rings. The number of aliphatic carboxylic acids is 1. The molecule has 9 heteroatoms. The van der Waals surface area contributed by atoms with Crippen LogP contribution in [0.2, 0.25) is 0 Å². The zero-order valence-electron chi connectivity index (χ0n) is 18.7. The van der Waals surface area contributed by atoms with Crippen molar-refractivity contribution in [3.05, 3.63) is 95.6 Å². The number of ether oxygens (including phenoxy) is 2. The maximum atomic E-state index is 11.8. The van der Waals surface area contributed by atoms with E-state index in [-0.39, 0.29) is 17.5 Å². The van der Waals surface area contributed by atoms with Crippen molar-refractivity contribution in [1.82, 2.24) is 5.32 Å². The molecular formula is C26H23N3O5S. The fraction of sp³-hybridized carbons (Fsp3) is 0.154. The van der Waals surface area contributed by atoms with Gasteiger partial charge in [0.1, 0.15) is 18.5 Å². The van der Waals surface area contributed by atoms with Crippen LogP contribution in [0.25, 0.3) is 0 Å². The minimum Gasteiger partial charge on any atom is -0.485 e. The van der Waals surface area contributed by atoms with Crippen LogP contribution in [-0.2, 0) is 22.8 Å². The van der Waals surface area contributed by atoms with Crippen molar-refractivity contribution in [3.8, 4) is 11.5 Å². The lowest BCUT2D eigenvalue weighted by Crippen LogP contribution is -2.26. The molecule has 178 valence electrons. The van der Waals surface area contributed by atoms with Crippen molar-refractivity contribution in [2.75, 3.05) is 0 Å². The van der Waals surface area contributed by atoms with Crippen LogP contribution in [0.1, 0.15) is 23.1 Å². The lowest BCUT2D eigenvalue weighted by molar-refractivity contribution is -0.138. The topological polar surface area (TPSA) is 110 Å². The molecule has 0 aromatic heterocycles. The van der Waals surface area contributed by atoms with Gasteiger partial charge in [-0.05, 0) is 34.9 Å². The Morgan fingerprint density at radius 1 is 0.943 bits per heavy atom. The quantitative estimate of drug-likeness (QED) is 0.326. The van der Waals surface area contributed by atoms with Gasteiger partial charge in [0.15, 0.2) is 16.7 Å². The molecule has 1 atom stereocenters. The Balaban J connectivity index is 1.47. The second kappa shape index (κ2) is 11.8. The maximum Gasteiger partial charge on any atom is 0.305 e. The third-order valence-electron chi connectivity index (χ3n) is 4.93. The highest BCUT2D eigenvalue weighted by atomic mass is 32.2. The number of nitrogens with one attached hydrogen (secondary N) is 1. The monoisotopic (exact) mass is 489 g/mol. The van der Waals surface area contributed by atoms with Gasteiger partial charge in [-0.25, -0.2) is 0 Å². The van der Waals surface area contributed by atoms with Crippen LogP contribution in [-0.4, -0.2) is 33.6 Å². The van der Waals surface area contributed by atoms with E-state index in [1.54, 1.807) is 6.07 Å². The summed E-state index contributed by atoms with van der Waals surface area (Å²) in [6.07, 6.45) is 1.26. The third-order valence-corrected chi connectivity index (χ3v) is 6.01. The summed E-state index contributed by atoms with van der Waals surface area (Å²) >= 11 is 1.05. The van der Waals surface area contributed by atoms with Crippen LogP contribution in [0, 0.1) is 0 Å². The van der Waals surface area contributed by atoms with E-state index in [1.807, 2.05) is 72.8 Å². The summed E-state index contributed by atoms with van der Waals surface area (Å²) in [5.74, 6) is -0.266. The van der Waals surface area contributed by atoms with Crippen LogP contribution in [0.3, 0.4) is 0 Å². The number of benzene rings is 3. The molecule has 3 aromatic rings. The molecule has 35 heavy (non-hydrogen) atoms. The third kappa shape index (κ3) is 7.18. The van der Waals surface area contributed by atoms with E-state index in [0.717, 1.165) is 28.5 Å². The first-order valence-electron chi connectivity index (χ1n) is 10.8. The van der Waals surface area contributed by atoms with Gasteiger partial charge in [0.25, 0.3) is 0 Å². The van der Waals surface area contributed by atoms with Gasteiger partial charge in [0.2, 0.25) is 5.91 Å². The van der Waals surface area contributed by atoms with Crippen LogP contribution in [0.15, 0.2) is 89.1 Å². The molecule has 1 heterocycles. The summed E-state index contributed by atoms with van der Waals surface area (Å²) in [6, 6.07) is 25.1. The molecular weight excluding hydrogens is 466 g/mol. The SMILES string of the molecule is O=C(O)CC1S/C(=N\N=C\c2ccc(OCc3ccccc3)c(OCc3ccccc3)c2)NC1=O. The number of carbonyl (C=O) groups excluding carboxylic acids is 1. The maximum absolute atomic E-state index is 11.8. The van der Waals surface area contributed by atoms with Gasteiger partial charge in [0, 0.05) is 0 Å². The standard InChI is InChI=1S/C26H23N3O5S/c30-24(31)14-23-25(32)28-26(35-23)29-27-15-20-11-12-21(33-16-18-7-3-1-4-8-18)22(13-20)34-17-19-9-5-2-6-10-19/h1-13,15,23H,14,16-17H2,(H,30,31)(H,28,29,32)/b27-15+. The Bertz CT molecular complexity index is 1230. The Kier molecular flexibility index (Phi) is 8.13. The van der Waals surface area contributed by atoms with Crippen molar-refractivity contribution in [1.29, 1.82) is 0 Å². The summed E-state index contributed by atoms with van der Waals surface area (Å²) < 4.78 is 12.1. The number of rotatable bonds is 10. The molecule has 8 nitrogen and oxygen atoms in total. The zero-order valence-corrected chi connectivity index (χ0v) is 19.5. The highest BCUT2D eigenvalue weighted by molar-refractivity contribution is 8.15. The second-order valence-corrected chi connectivity index (χ2v) is 8.79. The first-order chi connectivity index (χ1) is 17.1. The molecule has 1 saturated heterocycles. The van der Waals surface area contributed by atoms with Crippen molar-refractivity contribution in [2.45, 2.75) is 24.9 Å². The summed E-state index contributed by atoms with van der Waals surface area (Å²) in [5, 5.41) is 19.0. The number of carboxylic acids is 1. The number of amides is 1. The van der Waals surface area contributed by atoms with E-state index in [0.29, 0.717) is 24.7 Å². The zero-order chi connectivity index (χ0) is 24.5. The number of thioether (sulfide) groups is 1. The minimum absolute atomic E-state index is 0.265. The van der Waals surface area contributed by atoms with E-state index in [2.05, 4.69) is 15.5 Å². The van der Waals surface area contributed by atoms with Crippen molar-refractivity contribution in [2.24, 2.45) is 10.2 Å². The second-order valence-electron chi connectivity index (χ2n) is 7.60. The van der Waals surface area contributed by atoms with Gasteiger partial charge < -0.3 is 19.9 Å². The average Bonchev–Trinajstić information content (AvgIpc) is 3.21. The van der Waals surface area contributed by atoms with Crippen LogP contribution >= 0.6 is 11.8 Å². The first-order valence-corrected chi connectivity index (χ1v) is 11.7. The van der Waals surface area contributed by atoms with Crippen molar-refractivity contribution in [3.63, 3.8) is 0 Å². The number of carbonyl (C=O) groups is 2. The molecule has 0 radical (unpaired) electrons. The average molecular weight is 490 g/mol. The fourth-order valence-corrected chi connectivity index (χ4v) is 4.12. The Morgan fingerprint density at radius 2 is 1.57 bits per heavy atom. The van der Waals surface area contributed by atoms with E-state index in [9.17, 15) is 9.59 Å². The Hall–Kier alpha value is -4.11. The molecule has 0 spiro atoms. The highest BCUT2D eigenvalue weighted by Gasteiger charge is 2.32. The first kappa shape index (κ1) is 24.0. The van der Waals surface area contributed by atoms with E-state index >= 15 is 0 Å². The molecule has 0 aliphatic carbocycles. The van der Waals surface area contributed by atoms with Gasteiger partial charge in [-0.3, -0.25) is 9.59 Å². The summed E-state index contributed by atoms with van der Waals surface area (Å²) in [6.45, 7) is 0.775. The number of amidine groups is 1. The van der Waals surface area contributed by atoms with E-state index in [4.69, 9.17) is 14.6 Å². The summed E-state index contributed by atoms with van der Waals surface area (Å²) in [7, 11) is 0. The highest BCUT2D eigenvalue weighted by Crippen LogP contribution is 2.30. The molecule has 1 aliphatic heterocycles. The van der Waals surface area contributed by atoms with Gasteiger partial charge in [0.05, 0.1) is 12.6 Å². The molecule has 2 N–H and O–H groups in total. The predicted molar refractivity (Wildman–Crippen MR) is 135 cm³/mol. The normalized spacial score (nSPS) is 16.4. The number of carboxylic acid groups (broad SMARTS) is 1.